The summed E-state index contributed by atoms with van der Waals surface area (Å²) in [7, 11) is -2.16. The van der Waals surface area contributed by atoms with Crippen molar-refractivity contribution in [2.45, 2.75) is 159 Å². The van der Waals surface area contributed by atoms with Gasteiger partial charge in [-0.15, -0.1) is 11.3 Å². The topological polar surface area (TPSA) is 246 Å². The van der Waals surface area contributed by atoms with Gasteiger partial charge in [-0.2, -0.15) is 8.42 Å². The third-order valence-electron chi connectivity index (χ3n) is 19.7. The molecule has 5 saturated heterocycles. The third kappa shape index (κ3) is 19.3. The van der Waals surface area contributed by atoms with Crippen LogP contribution in [0.4, 0.5) is 15.8 Å². The maximum atomic E-state index is 13.4. The number of fused-ring (bicyclic) bond motifs is 7. The Balaban J connectivity index is 0.000000131. The van der Waals surface area contributed by atoms with Crippen molar-refractivity contribution < 1.29 is 59.5 Å². The average Bonchev–Trinajstić information content (AvgIpc) is 1.55. The minimum absolute atomic E-state index is 0.0809. The Morgan fingerprint density at radius 2 is 1.61 bits per heavy atom. The number of hydrogen-bond donors (Lipinski definition) is 3. The van der Waals surface area contributed by atoms with E-state index in [-0.39, 0.29) is 36.1 Å². The summed E-state index contributed by atoms with van der Waals surface area (Å²) < 4.78 is 88.7. The zero-order chi connectivity index (χ0) is 72.5. The normalized spacial score (nSPS) is 21.9. The van der Waals surface area contributed by atoms with Crippen LogP contribution >= 0.6 is 34.5 Å². The second-order valence-corrected chi connectivity index (χ2v) is 30.9. The molecular weight excluding hydrogens is 1400 g/mol. The molecule has 554 valence electrons. The maximum Gasteiger partial charge on any atom is 0.333 e. The van der Waals surface area contributed by atoms with E-state index < -0.39 is 46.5 Å². The van der Waals surface area contributed by atoms with Gasteiger partial charge in [0.1, 0.15) is 54.2 Å². The second-order valence-electron chi connectivity index (χ2n) is 28.0. The SMILES string of the molecule is CC1(C)O[C@@H]2[C@@H](CO[C@@]3(COS(N)(=O)=O)OC(C)(C)O[C@@H]23)O1.CNCC[C@H](Oc1cccc2ccccc12)c1cccs1.Cc1nc2n(c(=O)c1CCN1CCC(c3noc4cc(F)ccc34)CC1)CCCC2.O=C1CCc2ccc(OCCCCN3CCN(c4cccc(Cl)c4Cl)CC3)cc2N1. The largest absolute Gasteiger partial charge is 0.494 e. The number of carbonyl (C=O) groups excluding carboxylic acids is 1. The fourth-order valence-corrected chi connectivity index (χ4v) is 16.1. The number of aromatic nitrogens is 3. The number of rotatable bonds is 20. The van der Waals surface area contributed by atoms with Crippen molar-refractivity contribution in [3.05, 3.63) is 174 Å². The molecule has 0 aliphatic carbocycles. The highest BCUT2D eigenvalue weighted by Crippen LogP contribution is 2.48. The minimum Gasteiger partial charge on any atom is -0.494 e. The predicted octanol–water partition coefficient (Wildman–Crippen LogP) is 12.7. The van der Waals surface area contributed by atoms with Crippen LogP contribution in [0.2, 0.25) is 10.0 Å². The molecular formula is C76H94Cl2FN9O13S2. The number of aryl methyl sites for hydroxylation is 3. The van der Waals surface area contributed by atoms with Crippen molar-refractivity contribution in [3.8, 4) is 11.5 Å². The lowest BCUT2D eigenvalue weighted by Crippen LogP contribution is -2.60. The molecule has 0 radical (unpaired) electrons. The Hall–Kier alpha value is -6.66. The number of piperazine rings is 1. The van der Waals surface area contributed by atoms with Gasteiger partial charge in [-0.3, -0.25) is 23.2 Å². The standard InChI is InChI=1S/C23H27Cl2N3O2.C23H27FN4O2.C18H19NOS.C12H21NO8S/c24-19-4-3-5-21(23(19)25)28-13-11-27(12-14-28)10-1-2-15-30-18-8-6-17-7-9-22(29)26-20(17)16-18;1-15-18(23(29)28-10-3-2-4-21(28)25-15)9-13-27-11-7-16(8-12-27)22-19-6-5-17(24)14-20(19)30-26-22;1-19-12-11-17(18-10-5-13-21-18)20-16-9-4-7-14-6-2-3-8-15(14)16;1-10(2)18-7-5-16-12(6-17-22(13,14)15)9(8(7)19-10)20-11(3,4)21-12/h3-6,8,16H,1-2,7,9-15H2,(H,26,29);5-6,14,16H,2-4,7-13H2,1H3;2-10,13,17,19H,11-12H2,1H3;7-9H,5-6H2,1-4H3,(H2,13,14,15)/t;;17-;7-,8-,9+,12+/m..01/s1. The van der Waals surface area contributed by atoms with Gasteiger partial charge < -0.3 is 58.1 Å². The highest BCUT2D eigenvalue weighted by molar-refractivity contribution is 7.84. The fraction of sp³-hybridized carbons (Fsp3) is 0.500. The molecule has 0 unspecified atom stereocenters. The van der Waals surface area contributed by atoms with Crippen molar-refractivity contribution in [2.24, 2.45) is 5.14 Å². The summed E-state index contributed by atoms with van der Waals surface area (Å²) in [5.41, 5.74) is 6.48. The number of nitrogens with one attached hydrogen (secondary N) is 2. The average molecular weight is 1500 g/mol. The molecule has 7 aliphatic heterocycles. The molecule has 8 aromatic rings. The number of ether oxygens (including phenoxy) is 7. The predicted molar refractivity (Wildman–Crippen MR) is 397 cm³/mol. The van der Waals surface area contributed by atoms with Crippen molar-refractivity contribution >= 4 is 83.9 Å². The number of amides is 1. The van der Waals surface area contributed by atoms with Crippen molar-refractivity contribution in [1.82, 2.24) is 29.8 Å². The lowest BCUT2D eigenvalue weighted by molar-refractivity contribution is -0.290. The van der Waals surface area contributed by atoms with Crippen LogP contribution in [0, 0.1) is 12.7 Å². The van der Waals surface area contributed by atoms with Crippen LogP contribution in [0.5, 0.6) is 11.5 Å². The minimum atomic E-state index is -4.14. The number of likely N-dealkylation sites (tertiary alicyclic amines) is 1. The molecule has 4 N–H and O–H groups in total. The van der Waals surface area contributed by atoms with Crippen molar-refractivity contribution in [2.75, 3.05) is 96.0 Å². The summed E-state index contributed by atoms with van der Waals surface area (Å²) in [6.07, 6.45) is 8.84. The van der Waals surface area contributed by atoms with Crippen molar-refractivity contribution in [3.63, 3.8) is 0 Å². The van der Waals surface area contributed by atoms with Gasteiger partial charge in [-0.05, 0) is 178 Å². The highest BCUT2D eigenvalue weighted by Gasteiger charge is 2.66. The fourth-order valence-electron chi connectivity index (χ4n) is 14.5. The second kappa shape index (κ2) is 33.8. The number of hydrogen-bond acceptors (Lipinski definition) is 20. The van der Waals surface area contributed by atoms with Gasteiger partial charge in [0.2, 0.25) is 11.7 Å². The zero-order valence-electron chi connectivity index (χ0n) is 59.3. The van der Waals surface area contributed by atoms with E-state index >= 15 is 0 Å². The van der Waals surface area contributed by atoms with E-state index in [0.717, 1.165) is 181 Å². The maximum absolute atomic E-state index is 13.4. The molecule has 5 aromatic carbocycles. The van der Waals surface area contributed by atoms with Gasteiger partial charge in [0.05, 0.1) is 34.6 Å². The number of halogens is 3. The summed E-state index contributed by atoms with van der Waals surface area (Å²) in [6, 6.07) is 35.2. The molecule has 3 aromatic heterocycles. The molecule has 1 amide bonds. The van der Waals surface area contributed by atoms with Crippen LogP contribution in [-0.4, -0.2) is 160 Å². The van der Waals surface area contributed by atoms with E-state index in [1.54, 1.807) is 45.1 Å². The lowest BCUT2D eigenvalue weighted by atomic mass is 9.91. The van der Waals surface area contributed by atoms with Gasteiger partial charge in [0, 0.05) is 109 Å². The Labute approximate surface area is 615 Å². The summed E-state index contributed by atoms with van der Waals surface area (Å²) in [5, 5.41) is 21.9. The molecule has 5 atom stereocenters. The van der Waals surface area contributed by atoms with Gasteiger partial charge >= 0.3 is 10.3 Å². The zero-order valence-corrected chi connectivity index (χ0v) is 62.5. The van der Waals surface area contributed by atoms with Crippen LogP contribution in [0.3, 0.4) is 0 Å². The van der Waals surface area contributed by atoms with E-state index in [2.05, 4.69) is 96.5 Å². The van der Waals surface area contributed by atoms with E-state index in [0.29, 0.717) is 34.6 Å². The molecule has 22 nitrogen and oxygen atoms in total. The van der Waals surface area contributed by atoms with E-state index in [4.69, 9.17) is 75.2 Å². The molecule has 0 saturated carbocycles. The van der Waals surface area contributed by atoms with Crippen LogP contribution in [0.15, 0.2) is 124 Å². The first-order valence-corrected chi connectivity index (χ1v) is 38.8. The molecule has 15 rings (SSSR count). The molecule has 0 bridgehead atoms. The lowest BCUT2D eigenvalue weighted by Gasteiger charge is -2.40. The van der Waals surface area contributed by atoms with Gasteiger partial charge in [-0.25, -0.2) is 14.5 Å². The molecule has 7 aliphatic rings. The van der Waals surface area contributed by atoms with E-state index in [1.807, 2.05) is 48.9 Å². The molecule has 5 fully saturated rings. The molecule has 10 heterocycles. The van der Waals surface area contributed by atoms with E-state index in [9.17, 15) is 22.4 Å². The molecule has 27 heteroatoms. The summed E-state index contributed by atoms with van der Waals surface area (Å²) in [5.74, 6) is -0.353. The Morgan fingerprint density at radius 3 is 2.40 bits per heavy atom. The summed E-state index contributed by atoms with van der Waals surface area (Å²) >= 11 is 14.3. The number of anilines is 2. The third-order valence-corrected chi connectivity index (χ3v) is 21.9. The van der Waals surface area contributed by atoms with Crippen LogP contribution in [0.25, 0.3) is 21.7 Å². The number of nitrogens with zero attached hydrogens (tertiary/aromatic N) is 6. The first-order valence-electron chi connectivity index (χ1n) is 35.7. The number of unbranched alkanes of at least 4 members (excludes halogenated alkanes) is 1. The summed E-state index contributed by atoms with van der Waals surface area (Å²) in [6.45, 7) is 18.9. The quantitative estimate of drug-likeness (QED) is 0.0600. The Kier molecular flexibility index (Phi) is 25.0. The Morgan fingerprint density at radius 1 is 0.825 bits per heavy atom. The first-order chi connectivity index (χ1) is 49.5. The van der Waals surface area contributed by atoms with Crippen LogP contribution in [-0.2, 0) is 68.8 Å². The van der Waals surface area contributed by atoms with Crippen LogP contribution < -0.4 is 35.7 Å². The van der Waals surface area contributed by atoms with Gasteiger partial charge in [0.15, 0.2) is 17.2 Å². The number of thiophene rings is 1. The molecule has 0 spiro atoms. The van der Waals surface area contributed by atoms with Gasteiger partial charge in [0.25, 0.3) is 5.56 Å². The van der Waals surface area contributed by atoms with E-state index in [1.165, 1.54) is 33.3 Å². The van der Waals surface area contributed by atoms with Crippen molar-refractivity contribution in [1.29, 1.82) is 0 Å². The number of benzene rings is 5. The molecule has 103 heavy (non-hydrogen) atoms. The Bertz CT molecular complexity index is 4370. The monoisotopic (exact) mass is 1490 g/mol. The smallest absolute Gasteiger partial charge is 0.333 e. The first kappa shape index (κ1) is 76.0. The number of nitrogens with two attached hydrogens (primary N) is 1. The van der Waals surface area contributed by atoms with Crippen LogP contribution in [0.1, 0.15) is 124 Å². The number of carbonyl (C=O) groups is 1. The highest BCUT2D eigenvalue weighted by atomic mass is 35.5. The number of piperidine rings is 1. The summed E-state index contributed by atoms with van der Waals surface area (Å²) in [4.78, 5) is 37.7. The van der Waals surface area contributed by atoms with Gasteiger partial charge in [-0.1, -0.05) is 83.0 Å².